The number of hydrogen-bond acceptors (Lipinski definition) is 3. The standard InChI is InChI=1S/C12H22O3/c1-2-3-4-12(14-9-10-15-12)11(5-6-11)7-8-13/h13H,2-10H2,1H3. The van der Waals surface area contributed by atoms with E-state index in [-0.39, 0.29) is 17.8 Å². The van der Waals surface area contributed by atoms with Gasteiger partial charge in [-0.05, 0) is 25.7 Å². The van der Waals surface area contributed by atoms with Crippen LogP contribution in [0.15, 0.2) is 0 Å². The SMILES string of the molecule is CCCCC1(C2(CCO)CC2)OCCO1. The van der Waals surface area contributed by atoms with Crippen molar-refractivity contribution >= 4 is 0 Å². The van der Waals surface area contributed by atoms with Gasteiger partial charge in [-0.15, -0.1) is 0 Å². The van der Waals surface area contributed by atoms with Gasteiger partial charge < -0.3 is 14.6 Å². The summed E-state index contributed by atoms with van der Waals surface area (Å²) < 4.78 is 11.8. The summed E-state index contributed by atoms with van der Waals surface area (Å²) >= 11 is 0. The predicted molar refractivity (Wildman–Crippen MR) is 57.5 cm³/mol. The number of hydrogen-bond donors (Lipinski definition) is 1. The van der Waals surface area contributed by atoms with E-state index >= 15 is 0 Å². The molecule has 3 nitrogen and oxygen atoms in total. The topological polar surface area (TPSA) is 38.7 Å². The van der Waals surface area contributed by atoms with Crippen LogP contribution in [0.4, 0.5) is 0 Å². The van der Waals surface area contributed by atoms with Crippen molar-refractivity contribution in [3.63, 3.8) is 0 Å². The van der Waals surface area contributed by atoms with Crippen LogP contribution in [0.25, 0.3) is 0 Å². The van der Waals surface area contributed by atoms with Gasteiger partial charge in [0.2, 0.25) is 0 Å². The van der Waals surface area contributed by atoms with Crippen molar-refractivity contribution in [3.05, 3.63) is 0 Å². The molecular formula is C12H22O3. The molecule has 1 aliphatic heterocycles. The van der Waals surface area contributed by atoms with Crippen LogP contribution in [0.5, 0.6) is 0 Å². The van der Waals surface area contributed by atoms with Gasteiger partial charge >= 0.3 is 0 Å². The van der Waals surface area contributed by atoms with Crippen molar-refractivity contribution in [1.29, 1.82) is 0 Å². The molecule has 1 aliphatic carbocycles. The molecule has 0 atom stereocenters. The fraction of sp³-hybridized carbons (Fsp3) is 1.00. The largest absolute Gasteiger partial charge is 0.396 e. The van der Waals surface area contributed by atoms with Crippen molar-refractivity contribution in [1.82, 2.24) is 0 Å². The van der Waals surface area contributed by atoms with Gasteiger partial charge in [-0.2, -0.15) is 0 Å². The first-order valence-corrected chi connectivity index (χ1v) is 6.17. The minimum absolute atomic E-state index is 0.132. The second-order valence-electron chi connectivity index (χ2n) is 4.81. The highest BCUT2D eigenvalue weighted by atomic mass is 16.7. The summed E-state index contributed by atoms with van der Waals surface area (Å²) in [6.07, 6.45) is 6.44. The molecular weight excluding hydrogens is 192 g/mol. The van der Waals surface area contributed by atoms with E-state index in [1.807, 2.05) is 0 Å². The fourth-order valence-corrected chi connectivity index (χ4v) is 2.77. The van der Waals surface area contributed by atoms with E-state index in [0.717, 1.165) is 45.3 Å². The zero-order chi connectivity index (χ0) is 10.8. The molecule has 88 valence electrons. The summed E-state index contributed by atoms with van der Waals surface area (Å²) in [6.45, 7) is 3.88. The third-order valence-electron chi connectivity index (χ3n) is 3.87. The minimum Gasteiger partial charge on any atom is -0.396 e. The maximum atomic E-state index is 9.13. The van der Waals surface area contributed by atoms with Crippen LogP contribution in [-0.2, 0) is 9.47 Å². The van der Waals surface area contributed by atoms with Gasteiger partial charge in [-0.3, -0.25) is 0 Å². The van der Waals surface area contributed by atoms with Gasteiger partial charge in [-0.1, -0.05) is 13.3 Å². The molecule has 2 rings (SSSR count). The van der Waals surface area contributed by atoms with Gasteiger partial charge in [0.25, 0.3) is 0 Å². The van der Waals surface area contributed by atoms with Gasteiger partial charge in [-0.25, -0.2) is 0 Å². The van der Waals surface area contributed by atoms with E-state index in [1.165, 1.54) is 6.42 Å². The lowest BCUT2D eigenvalue weighted by atomic mass is 9.87. The highest BCUT2D eigenvalue weighted by Crippen LogP contribution is 2.61. The van der Waals surface area contributed by atoms with Crippen LogP contribution >= 0.6 is 0 Å². The second kappa shape index (κ2) is 4.40. The van der Waals surface area contributed by atoms with E-state index in [9.17, 15) is 0 Å². The third-order valence-corrected chi connectivity index (χ3v) is 3.87. The van der Waals surface area contributed by atoms with Gasteiger partial charge in [0, 0.05) is 18.4 Å². The normalized spacial score (nSPS) is 26.8. The highest BCUT2D eigenvalue weighted by Gasteiger charge is 2.61. The second-order valence-corrected chi connectivity index (χ2v) is 4.81. The summed E-state index contributed by atoms with van der Waals surface area (Å²) in [7, 11) is 0. The monoisotopic (exact) mass is 214 g/mol. The minimum atomic E-state index is -0.355. The molecule has 2 fully saturated rings. The Morgan fingerprint density at radius 1 is 1.13 bits per heavy atom. The maximum absolute atomic E-state index is 9.13. The summed E-state index contributed by atoms with van der Waals surface area (Å²) in [4.78, 5) is 0. The number of rotatable bonds is 6. The Kier molecular flexibility index (Phi) is 3.33. The van der Waals surface area contributed by atoms with Crippen LogP contribution in [0.1, 0.15) is 45.4 Å². The Balaban J connectivity index is 2.04. The van der Waals surface area contributed by atoms with Gasteiger partial charge in [0.15, 0.2) is 5.79 Å². The van der Waals surface area contributed by atoms with Crippen LogP contribution < -0.4 is 0 Å². The van der Waals surface area contributed by atoms with E-state index in [1.54, 1.807) is 0 Å². The summed E-state index contributed by atoms with van der Waals surface area (Å²) in [5.74, 6) is -0.355. The van der Waals surface area contributed by atoms with Crippen molar-refractivity contribution in [2.75, 3.05) is 19.8 Å². The Labute approximate surface area is 91.8 Å². The first-order valence-electron chi connectivity index (χ1n) is 6.17. The molecule has 0 radical (unpaired) electrons. The zero-order valence-electron chi connectivity index (χ0n) is 9.63. The lowest BCUT2D eigenvalue weighted by Crippen LogP contribution is -2.41. The van der Waals surface area contributed by atoms with Gasteiger partial charge in [0.1, 0.15) is 0 Å². The fourth-order valence-electron chi connectivity index (χ4n) is 2.77. The molecule has 1 saturated heterocycles. The van der Waals surface area contributed by atoms with Crippen LogP contribution in [0.3, 0.4) is 0 Å². The molecule has 2 aliphatic rings. The number of aliphatic hydroxyl groups excluding tert-OH is 1. The lowest BCUT2D eigenvalue weighted by Gasteiger charge is -2.36. The molecule has 0 aromatic heterocycles. The van der Waals surface area contributed by atoms with Crippen molar-refractivity contribution in [2.45, 2.75) is 51.2 Å². The number of ether oxygens (including phenoxy) is 2. The molecule has 15 heavy (non-hydrogen) atoms. The summed E-state index contributed by atoms with van der Waals surface area (Å²) in [5.41, 5.74) is 0.132. The Hall–Kier alpha value is -0.120. The molecule has 1 saturated carbocycles. The smallest absolute Gasteiger partial charge is 0.174 e. The molecule has 1 heterocycles. The molecule has 3 heteroatoms. The average Bonchev–Trinajstić information content (AvgIpc) is 2.88. The van der Waals surface area contributed by atoms with Crippen molar-refractivity contribution in [3.8, 4) is 0 Å². The molecule has 0 unspecified atom stereocenters. The maximum Gasteiger partial charge on any atom is 0.174 e. The van der Waals surface area contributed by atoms with E-state index in [2.05, 4.69) is 6.92 Å². The number of unbranched alkanes of at least 4 members (excludes halogenated alkanes) is 1. The van der Waals surface area contributed by atoms with Crippen molar-refractivity contribution in [2.24, 2.45) is 5.41 Å². The molecule has 0 aromatic carbocycles. The third kappa shape index (κ3) is 1.93. The Bertz CT molecular complexity index is 205. The average molecular weight is 214 g/mol. The van der Waals surface area contributed by atoms with Crippen LogP contribution in [-0.4, -0.2) is 30.7 Å². The van der Waals surface area contributed by atoms with Crippen LogP contribution in [0, 0.1) is 5.41 Å². The van der Waals surface area contributed by atoms with E-state index in [0.29, 0.717) is 0 Å². The first kappa shape index (κ1) is 11.4. The quantitative estimate of drug-likeness (QED) is 0.735. The highest BCUT2D eigenvalue weighted by molar-refractivity contribution is 5.05. The Morgan fingerprint density at radius 2 is 1.80 bits per heavy atom. The molecule has 0 spiro atoms. The van der Waals surface area contributed by atoms with Crippen LogP contribution in [0.2, 0.25) is 0 Å². The Morgan fingerprint density at radius 3 is 2.27 bits per heavy atom. The number of aliphatic hydroxyl groups is 1. The zero-order valence-corrected chi connectivity index (χ0v) is 9.63. The first-order chi connectivity index (χ1) is 7.29. The molecule has 0 bridgehead atoms. The van der Waals surface area contributed by atoms with Crippen molar-refractivity contribution < 1.29 is 14.6 Å². The van der Waals surface area contributed by atoms with Gasteiger partial charge in [0.05, 0.1) is 13.2 Å². The van der Waals surface area contributed by atoms with E-state index in [4.69, 9.17) is 14.6 Å². The molecule has 0 amide bonds. The summed E-state index contributed by atoms with van der Waals surface area (Å²) in [5, 5.41) is 9.13. The van der Waals surface area contributed by atoms with E-state index < -0.39 is 0 Å². The molecule has 1 N–H and O–H groups in total. The summed E-state index contributed by atoms with van der Waals surface area (Å²) in [6, 6.07) is 0. The lowest BCUT2D eigenvalue weighted by molar-refractivity contribution is -0.215. The molecule has 0 aromatic rings. The predicted octanol–water partition coefficient (Wildman–Crippen LogP) is 2.08.